The van der Waals surface area contributed by atoms with E-state index in [1.807, 2.05) is 24.0 Å². The molecule has 3 heteroatoms. The SMILES string of the molecule is CCSCCCNc1cccc2cccnc12. The summed E-state index contributed by atoms with van der Waals surface area (Å²) < 4.78 is 0. The fourth-order valence-corrected chi connectivity index (χ4v) is 2.43. The third kappa shape index (κ3) is 3.37. The van der Waals surface area contributed by atoms with E-state index in [1.54, 1.807) is 0 Å². The summed E-state index contributed by atoms with van der Waals surface area (Å²) in [7, 11) is 0. The van der Waals surface area contributed by atoms with E-state index in [-0.39, 0.29) is 0 Å². The summed E-state index contributed by atoms with van der Waals surface area (Å²) in [4.78, 5) is 4.43. The fourth-order valence-electron chi connectivity index (χ4n) is 1.79. The number of aromatic nitrogens is 1. The molecular weight excluding hydrogens is 228 g/mol. The predicted octanol–water partition coefficient (Wildman–Crippen LogP) is 3.79. The van der Waals surface area contributed by atoms with Gasteiger partial charge in [0.1, 0.15) is 0 Å². The Bertz CT molecular complexity index is 465. The van der Waals surface area contributed by atoms with Crippen molar-refractivity contribution in [2.75, 3.05) is 23.4 Å². The van der Waals surface area contributed by atoms with Gasteiger partial charge in [0.25, 0.3) is 0 Å². The molecule has 0 aliphatic rings. The summed E-state index contributed by atoms with van der Waals surface area (Å²) in [6.07, 6.45) is 3.04. The molecule has 1 heterocycles. The highest BCUT2D eigenvalue weighted by atomic mass is 32.2. The Morgan fingerprint density at radius 1 is 1.24 bits per heavy atom. The highest BCUT2D eigenvalue weighted by molar-refractivity contribution is 7.99. The van der Waals surface area contributed by atoms with Gasteiger partial charge in [0.05, 0.1) is 11.2 Å². The molecule has 0 unspecified atom stereocenters. The van der Waals surface area contributed by atoms with Gasteiger partial charge < -0.3 is 5.32 Å². The van der Waals surface area contributed by atoms with Gasteiger partial charge in [-0.3, -0.25) is 4.98 Å². The van der Waals surface area contributed by atoms with Gasteiger partial charge in [-0.05, 0) is 30.1 Å². The largest absolute Gasteiger partial charge is 0.383 e. The lowest BCUT2D eigenvalue weighted by molar-refractivity contribution is 0.993. The molecule has 0 fully saturated rings. The molecule has 0 saturated carbocycles. The minimum atomic E-state index is 1.02. The van der Waals surface area contributed by atoms with E-state index in [2.05, 4.69) is 41.5 Å². The van der Waals surface area contributed by atoms with Crippen molar-refractivity contribution < 1.29 is 0 Å². The average molecular weight is 246 g/mol. The lowest BCUT2D eigenvalue weighted by Gasteiger charge is -2.08. The Kier molecular flexibility index (Phi) is 4.68. The third-order valence-corrected chi connectivity index (χ3v) is 3.60. The number of para-hydroxylation sites is 1. The number of anilines is 1. The number of pyridine rings is 1. The molecule has 0 atom stereocenters. The van der Waals surface area contributed by atoms with Crippen LogP contribution in [0.3, 0.4) is 0 Å². The molecule has 17 heavy (non-hydrogen) atoms. The van der Waals surface area contributed by atoms with E-state index in [0.29, 0.717) is 0 Å². The number of rotatable bonds is 6. The Morgan fingerprint density at radius 3 is 3.00 bits per heavy atom. The Labute approximate surface area is 107 Å². The minimum absolute atomic E-state index is 1.02. The molecule has 2 rings (SSSR count). The van der Waals surface area contributed by atoms with Crippen molar-refractivity contribution in [3.63, 3.8) is 0 Å². The molecule has 0 amide bonds. The van der Waals surface area contributed by atoms with Gasteiger partial charge in [-0.1, -0.05) is 25.1 Å². The lowest BCUT2D eigenvalue weighted by Crippen LogP contribution is -2.03. The molecule has 0 spiro atoms. The van der Waals surface area contributed by atoms with Gasteiger partial charge in [-0.15, -0.1) is 0 Å². The number of benzene rings is 1. The zero-order valence-corrected chi connectivity index (χ0v) is 11.0. The highest BCUT2D eigenvalue weighted by Gasteiger charge is 1.99. The molecule has 1 aromatic carbocycles. The second-order valence-corrected chi connectivity index (χ2v) is 5.25. The molecule has 1 aromatic heterocycles. The average Bonchev–Trinajstić information content (AvgIpc) is 2.39. The van der Waals surface area contributed by atoms with Crippen LogP contribution in [0.1, 0.15) is 13.3 Å². The van der Waals surface area contributed by atoms with Crippen LogP contribution >= 0.6 is 11.8 Å². The van der Waals surface area contributed by atoms with Crippen LogP contribution in [0.25, 0.3) is 10.9 Å². The minimum Gasteiger partial charge on any atom is -0.383 e. The van der Waals surface area contributed by atoms with E-state index in [4.69, 9.17) is 0 Å². The summed E-state index contributed by atoms with van der Waals surface area (Å²) in [6.45, 7) is 3.22. The van der Waals surface area contributed by atoms with Crippen molar-refractivity contribution in [3.8, 4) is 0 Å². The third-order valence-electron chi connectivity index (χ3n) is 2.62. The number of hydrogen-bond acceptors (Lipinski definition) is 3. The molecule has 0 radical (unpaired) electrons. The van der Waals surface area contributed by atoms with Crippen LogP contribution in [0.4, 0.5) is 5.69 Å². The molecule has 1 N–H and O–H groups in total. The molecular formula is C14H18N2S. The molecule has 0 aliphatic carbocycles. The maximum absolute atomic E-state index is 4.43. The van der Waals surface area contributed by atoms with Crippen molar-refractivity contribution >= 4 is 28.4 Å². The van der Waals surface area contributed by atoms with Crippen LogP contribution in [0, 0.1) is 0 Å². The maximum Gasteiger partial charge on any atom is 0.0933 e. The number of hydrogen-bond donors (Lipinski definition) is 1. The number of thioether (sulfide) groups is 1. The second-order valence-electron chi connectivity index (χ2n) is 3.86. The van der Waals surface area contributed by atoms with Crippen molar-refractivity contribution in [1.29, 1.82) is 0 Å². The monoisotopic (exact) mass is 246 g/mol. The summed E-state index contributed by atoms with van der Waals surface area (Å²) in [5.74, 6) is 2.43. The molecule has 0 bridgehead atoms. The van der Waals surface area contributed by atoms with E-state index in [0.717, 1.165) is 17.7 Å². The van der Waals surface area contributed by atoms with Crippen LogP contribution in [0.2, 0.25) is 0 Å². The standard InChI is InChI=1S/C14H18N2S/c1-2-17-11-5-10-15-13-8-3-6-12-7-4-9-16-14(12)13/h3-4,6-9,15H,2,5,10-11H2,1H3. The predicted molar refractivity (Wildman–Crippen MR) is 77.8 cm³/mol. The van der Waals surface area contributed by atoms with Crippen molar-refractivity contribution in [3.05, 3.63) is 36.5 Å². The Balaban J connectivity index is 1.98. The van der Waals surface area contributed by atoms with E-state index >= 15 is 0 Å². The van der Waals surface area contributed by atoms with Crippen LogP contribution in [-0.4, -0.2) is 23.0 Å². The van der Waals surface area contributed by atoms with Gasteiger partial charge in [0.2, 0.25) is 0 Å². The van der Waals surface area contributed by atoms with Gasteiger partial charge >= 0.3 is 0 Å². The van der Waals surface area contributed by atoms with Crippen LogP contribution < -0.4 is 5.32 Å². The highest BCUT2D eigenvalue weighted by Crippen LogP contribution is 2.20. The lowest BCUT2D eigenvalue weighted by atomic mass is 10.2. The van der Waals surface area contributed by atoms with Gasteiger partial charge in [-0.2, -0.15) is 11.8 Å². The van der Waals surface area contributed by atoms with Crippen LogP contribution in [0.15, 0.2) is 36.5 Å². The van der Waals surface area contributed by atoms with Gasteiger partial charge in [0, 0.05) is 18.1 Å². The molecule has 90 valence electrons. The summed E-state index contributed by atoms with van der Waals surface area (Å²) in [5, 5.41) is 4.67. The van der Waals surface area contributed by atoms with E-state index in [1.165, 1.54) is 23.3 Å². The quantitative estimate of drug-likeness (QED) is 0.785. The van der Waals surface area contributed by atoms with Crippen LogP contribution in [-0.2, 0) is 0 Å². The van der Waals surface area contributed by atoms with E-state index in [9.17, 15) is 0 Å². The summed E-state index contributed by atoms with van der Waals surface area (Å²) in [5.41, 5.74) is 2.21. The molecule has 0 aliphatic heterocycles. The van der Waals surface area contributed by atoms with E-state index < -0.39 is 0 Å². The molecule has 2 nitrogen and oxygen atoms in total. The maximum atomic E-state index is 4.43. The zero-order valence-electron chi connectivity index (χ0n) is 10.1. The zero-order chi connectivity index (χ0) is 11.9. The topological polar surface area (TPSA) is 24.9 Å². The first-order chi connectivity index (χ1) is 8.42. The smallest absolute Gasteiger partial charge is 0.0933 e. The van der Waals surface area contributed by atoms with Gasteiger partial charge in [0.15, 0.2) is 0 Å². The second kappa shape index (κ2) is 6.50. The molecule has 0 saturated heterocycles. The molecule has 2 aromatic rings. The van der Waals surface area contributed by atoms with Crippen molar-refractivity contribution in [1.82, 2.24) is 4.98 Å². The number of nitrogens with one attached hydrogen (secondary N) is 1. The van der Waals surface area contributed by atoms with Crippen molar-refractivity contribution in [2.45, 2.75) is 13.3 Å². The first-order valence-corrected chi connectivity index (χ1v) is 7.22. The summed E-state index contributed by atoms with van der Waals surface area (Å²) >= 11 is 1.99. The number of nitrogens with zero attached hydrogens (tertiary/aromatic N) is 1. The number of fused-ring (bicyclic) bond motifs is 1. The first kappa shape index (κ1) is 12.2. The normalized spacial score (nSPS) is 10.6. The Hall–Kier alpha value is -1.22. The first-order valence-electron chi connectivity index (χ1n) is 6.07. The van der Waals surface area contributed by atoms with Gasteiger partial charge in [-0.25, -0.2) is 0 Å². The van der Waals surface area contributed by atoms with Crippen LogP contribution in [0.5, 0.6) is 0 Å². The summed E-state index contributed by atoms with van der Waals surface area (Å²) in [6, 6.07) is 10.3. The van der Waals surface area contributed by atoms with Crippen molar-refractivity contribution in [2.24, 2.45) is 0 Å². The fraction of sp³-hybridized carbons (Fsp3) is 0.357. The Morgan fingerprint density at radius 2 is 2.12 bits per heavy atom.